The van der Waals surface area contributed by atoms with Gasteiger partial charge in [0.2, 0.25) is 0 Å². The third kappa shape index (κ3) is 2.50. The third-order valence-electron chi connectivity index (χ3n) is 4.02. The maximum Gasteiger partial charge on any atom is 0.0848 e. The van der Waals surface area contributed by atoms with Crippen molar-refractivity contribution < 1.29 is 5.11 Å². The Morgan fingerprint density at radius 2 is 2.29 bits per heavy atom. The van der Waals surface area contributed by atoms with Gasteiger partial charge in [0.15, 0.2) is 0 Å². The topological polar surface area (TPSA) is 38.1 Å². The molecule has 1 aromatic rings. The Kier molecular flexibility index (Phi) is 3.50. The van der Waals surface area contributed by atoms with E-state index >= 15 is 0 Å². The van der Waals surface area contributed by atoms with Crippen LogP contribution in [0, 0.1) is 12.8 Å². The fourth-order valence-corrected chi connectivity index (χ4v) is 3.13. The summed E-state index contributed by atoms with van der Waals surface area (Å²) in [7, 11) is 1.89. The average Bonchev–Trinajstić information content (AvgIpc) is 2.76. The molecule has 0 aromatic carbocycles. The summed E-state index contributed by atoms with van der Waals surface area (Å²) in [4.78, 5) is 0. The standard InChI is InChI=1S/C13H21ClN2O/c1-4-10-5-6-13(17,7-10)8-11-12(14)9(2)15-16(11)3/h10,17H,4-8H2,1-3H3. The van der Waals surface area contributed by atoms with Crippen molar-refractivity contribution >= 4 is 11.6 Å². The predicted molar refractivity (Wildman–Crippen MR) is 69.2 cm³/mol. The van der Waals surface area contributed by atoms with Crippen molar-refractivity contribution in [3.63, 3.8) is 0 Å². The molecule has 1 aliphatic carbocycles. The number of aryl methyl sites for hydroxylation is 2. The molecule has 1 N–H and O–H groups in total. The van der Waals surface area contributed by atoms with Gasteiger partial charge in [0.05, 0.1) is 22.0 Å². The van der Waals surface area contributed by atoms with Crippen LogP contribution in [0.25, 0.3) is 0 Å². The minimum atomic E-state index is -0.579. The van der Waals surface area contributed by atoms with E-state index in [4.69, 9.17) is 11.6 Å². The Labute approximate surface area is 108 Å². The Hall–Kier alpha value is -0.540. The first-order valence-corrected chi connectivity index (χ1v) is 6.73. The zero-order valence-corrected chi connectivity index (χ0v) is 11.6. The van der Waals surface area contributed by atoms with E-state index in [0.29, 0.717) is 17.4 Å². The molecule has 96 valence electrons. The van der Waals surface area contributed by atoms with Gasteiger partial charge in [0.1, 0.15) is 0 Å². The monoisotopic (exact) mass is 256 g/mol. The second kappa shape index (κ2) is 4.62. The zero-order valence-electron chi connectivity index (χ0n) is 10.8. The van der Waals surface area contributed by atoms with Gasteiger partial charge < -0.3 is 5.11 Å². The molecule has 0 aliphatic heterocycles. The highest BCUT2D eigenvalue weighted by molar-refractivity contribution is 6.31. The molecule has 0 radical (unpaired) electrons. The van der Waals surface area contributed by atoms with E-state index in [-0.39, 0.29) is 0 Å². The summed E-state index contributed by atoms with van der Waals surface area (Å²) >= 11 is 6.23. The Morgan fingerprint density at radius 3 is 2.76 bits per heavy atom. The Morgan fingerprint density at radius 1 is 1.59 bits per heavy atom. The van der Waals surface area contributed by atoms with Gasteiger partial charge in [0.25, 0.3) is 0 Å². The van der Waals surface area contributed by atoms with Gasteiger partial charge in [0, 0.05) is 13.5 Å². The lowest BCUT2D eigenvalue weighted by Gasteiger charge is -2.23. The summed E-state index contributed by atoms with van der Waals surface area (Å²) in [6.07, 6.45) is 4.68. The van der Waals surface area contributed by atoms with Crippen LogP contribution >= 0.6 is 11.6 Å². The molecule has 0 amide bonds. The van der Waals surface area contributed by atoms with Crippen LogP contribution in [0.5, 0.6) is 0 Å². The maximum absolute atomic E-state index is 10.6. The smallest absolute Gasteiger partial charge is 0.0848 e. The van der Waals surface area contributed by atoms with Gasteiger partial charge >= 0.3 is 0 Å². The SMILES string of the molecule is CCC1CCC(O)(Cc2c(Cl)c(C)nn2C)C1. The average molecular weight is 257 g/mol. The maximum atomic E-state index is 10.6. The van der Waals surface area contributed by atoms with Crippen molar-refractivity contribution in [1.82, 2.24) is 9.78 Å². The molecule has 1 heterocycles. The van der Waals surface area contributed by atoms with E-state index in [1.807, 2.05) is 14.0 Å². The van der Waals surface area contributed by atoms with Crippen molar-refractivity contribution in [1.29, 1.82) is 0 Å². The molecule has 3 nitrogen and oxygen atoms in total. The van der Waals surface area contributed by atoms with Crippen molar-refractivity contribution in [3.8, 4) is 0 Å². The number of hydrogen-bond donors (Lipinski definition) is 1. The van der Waals surface area contributed by atoms with E-state index in [0.717, 1.165) is 37.1 Å². The van der Waals surface area contributed by atoms with Crippen molar-refractivity contribution in [2.24, 2.45) is 13.0 Å². The predicted octanol–water partition coefficient (Wildman–Crippen LogP) is 2.87. The van der Waals surface area contributed by atoms with E-state index < -0.39 is 5.60 Å². The summed E-state index contributed by atoms with van der Waals surface area (Å²) in [6.45, 7) is 4.09. The number of aromatic nitrogens is 2. The number of hydrogen-bond acceptors (Lipinski definition) is 2. The molecule has 2 atom stereocenters. The van der Waals surface area contributed by atoms with Crippen LogP contribution < -0.4 is 0 Å². The molecule has 1 aromatic heterocycles. The van der Waals surface area contributed by atoms with Gasteiger partial charge in [-0.25, -0.2) is 0 Å². The summed E-state index contributed by atoms with van der Waals surface area (Å²) in [5.74, 6) is 0.660. The summed E-state index contributed by atoms with van der Waals surface area (Å²) in [5.41, 5.74) is 1.23. The van der Waals surface area contributed by atoms with Crippen molar-refractivity contribution in [3.05, 3.63) is 16.4 Å². The molecule has 1 aliphatic rings. The number of halogens is 1. The van der Waals surface area contributed by atoms with E-state index in [1.54, 1.807) is 4.68 Å². The minimum absolute atomic E-state index is 0.579. The first kappa shape index (κ1) is 12.9. The van der Waals surface area contributed by atoms with E-state index in [9.17, 15) is 5.11 Å². The highest BCUT2D eigenvalue weighted by Crippen LogP contribution is 2.39. The Balaban J connectivity index is 2.16. The van der Waals surface area contributed by atoms with Gasteiger partial charge in [-0.1, -0.05) is 24.9 Å². The number of rotatable bonds is 3. The largest absolute Gasteiger partial charge is 0.389 e. The van der Waals surface area contributed by atoms with Gasteiger partial charge in [-0.15, -0.1) is 0 Å². The van der Waals surface area contributed by atoms with Crippen LogP contribution in [0.4, 0.5) is 0 Å². The molecule has 4 heteroatoms. The van der Waals surface area contributed by atoms with Crippen molar-refractivity contribution in [2.45, 2.75) is 51.6 Å². The molecular formula is C13H21ClN2O. The normalized spacial score (nSPS) is 28.9. The fourth-order valence-electron chi connectivity index (χ4n) is 2.91. The van der Waals surface area contributed by atoms with E-state index in [1.165, 1.54) is 0 Å². The molecule has 2 rings (SSSR count). The lowest BCUT2D eigenvalue weighted by Crippen LogP contribution is -2.29. The highest BCUT2D eigenvalue weighted by atomic mass is 35.5. The molecule has 1 saturated carbocycles. The number of nitrogens with zero attached hydrogens (tertiary/aromatic N) is 2. The van der Waals surface area contributed by atoms with Crippen LogP contribution in [0.2, 0.25) is 5.02 Å². The second-order valence-corrected chi connectivity index (χ2v) is 5.77. The third-order valence-corrected chi connectivity index (χ3v) is 4.51. The first-order chi connectivity index (χ1) is 7.95. The molecule has 0 saturated heterocycles. The fraction of sp³-hybridized carbons (Fsp3) is 0.769. The summed E-state index contributed by atoms with van der Waals surface area (Å²) in [5, 5.41) is 15.6. The van der Waals surface area contributed by atoms with Crippen LogP contribution in [-0.4, -0.2) is 20.5 Å². The first-order valence-electron chi connectivity index (χ1n) is 6.35. The summed E-state index contributed by atoms with van der Waals surface area (Å²) in [6, 6.07) is 0. The van der Waals surface area contributed by atoms with Gasteiger partial charge in [-0.2, -0.15) is 5.10 Å². The highest BCUT2D eigenvalue weighted by Gasteiger charge is 2.37. The van der Waals surface area contributed by atoms with Gasteiger partial charge in [-0.05, 0) is 32.1 Å². The molecule has 0 bridgehead atoms. The van der Waals surface area contributed by atoms with Crippen molar-refractivity contribution in [2.75, 3.05) is 0 Å². The quantitative estimate of drug-likeness (QED) is 0.903. The number of aliphatic hydroxyl groups is 1. The zero-order chi connectivity index (χ0) is 12.6. The molecule has 17 heavy (non-hydrogen) atoms. The van der Waals surface area contributed by atoms with Crippen LogP contribution in [-0.2, 0) is 13.5 Å². The van der Waals surface area contributed by atoms with E-state index in [2.05, 4.69) is 12.0 Å². The molecular weight excluding hydrogens is 236 g/mol. The van der Waals surface area contributed by atoms with Crippen LogP contribution in [0.1, 0.15) is 44.0 Å². The van der Waals surface area contributed by atoms with Crippen LogP contribution in [0.15, 0.2) is 0 Å². The second-order valence-electron chi connectivity index (χ2n) is 5.39. The lowest BCUT2D eigenvalue weighted by atomic mass is 9.93. The molecule has 1 fully saturated rings. The lowest BCUT2D eigenvalue weighted by molar-refractivity contribution is 0.0418. The Bertz CT molecular complexity index is 416. The summed E-state index contributed by atoms with van der Waals surface area (Å²) < 4.78 is 1.80. The van der Waals surface area contributed by atoms with Crippen LogP contribution in [0.3, 0.4) is 0 Å². The molecule has 0 spiro atoms. The van der Waals surface area contributed by atoms with Gasteiger partial charge in [-0.3, -0.25) is 4.68 Å². The molecule has 2 unspecified atom stereocenters. The minimum Gasteiger partial charge on any atom is -0.389 e.